The van der Waals surface area contributed by atoms with Gasteiger partial charge >= 0.3 is 12.1 Å². The van der Waals surface area contributed by atoms with Crippen molar-refractivity contribution in [2.24, 2.45) is 0 Å². The van der Waals surface area contributed by atoms with E-state index >= 15 is 0 Å². The van der Waals surface area contributed by atoms with Crippen molar-refractivity contribution >= 4 is 17.3 Å². The van der Waals surface area contributed by atoms with E-state index in [0.717, 1.165) is 29.8 Å². The van der Waals surface area contributed by atoms with Crippen LogP contribution in [-0.4, -0.2) is 40.7 Å². The average molecular weight is 529 g/mol. The molecule has 2 N–H and O–H groups in total. The summed E-state index contributed by atoms with van der Waals surface area (Å²) >= 11 is 0. The first kappa shape index (κ1) is 28.2. The van der Waals surface area contributed by atoms with Crippen molar-refractivity contribution in [3.63, 3.8) is 0 Å². The van der Waals surface area contributed by atoms with Gasteiger partial charge in [0.05, 0.1) is 18.0 Å². The number of halogens is 3. The smallest absolute Gasteiger partial charge is 0.456 e. The van der Waals surface area contributed by atoms with Crippen LogP contribution in [0.1, 0.15) is 29.3 Å². The Morgan fingerprint density at radius 2 is 2.00 bits per heavy atom. The fraction of sp³-hybridized carbons (Fsp3) is 0.250. The molecule has 200 valence electrons. The maximum absolute atomic E-state index is 12.8. The van der Waals surface area contributed by atoms with E-state index < -0.39 is 29.7 Å². The molecular weight excluding hydrogens is 501 g/mol. The molecular formula is C28H27F3N2O5. The van der Waals surface area contributed by atoms with Crippen molar-refractivity contribution in [2.75, 3.05) is 6.61 Å². The molecule has 0 radical (unpaired) electrons. The van der Waals surface area contributed by atoms with Crippen LogP contribution in [0.5, 0.6) is 5.75 Å². The molecule has 0 spiro atoms. The lowest BCUT2D eigenvalue weighted by Crippen LogP contribution is -2.42. The number of carbonyl (C=O) groups excluding carboxylic acids is 1. The Labute approximate surface area is 217 Å². The third-order valence-electron chi connectivity index (χ3n) is 5.52. The molecule has 7 nitrogen and oxygen atoms in total. The molecule has 0 amide bonds. The Balaban J connectivity index is 1.58. The quantitative estimate of drug-likeness (QED) is 0.285. The number of ketones is 1. The van der Waals surface area contributed by atoms with Crippen molar-refractivity contribution in [2.45, 2.75) is 38.4 Å². The van der Waals surface area contributed by atoms with Crippen molar-refractivity contribution in [3.05, 3.63) is 102 Å². The summed E-state index contributed by atoms with van der Waals surface area (Å²) in [6.07, 6.45) is 7.63. The molecule has 1 aromatic carbocycles. The van der Waals surface area contributed by atoms with Crippen LogP contribution in [0.25, 0.3) is 5.57 Å². The fourth-order valence-corrected chi connectivity index (χ4v) is 3.59. The van der Waals surface area contributed by atoms with Gasteiger partial charge in [0.15, 0.2) is 0 Å². The van der Waals surface area contributed by atoms with Gasteiger partial charge in [-0.3, -0.25) is 4.79 Å². The minimum absolute atomic E-state index is 0.171. The molecule has 1 unspecified atom stereocenters. The molecule has 1 aliphatic carbocycles. The second kappa shape index (κ2) is 12.8. The molecule has 2 aromatic rings. The number of carboxylic acid groups (broad SMARTS) is 1. The van der Waals surface area contributed by atoms with Crippen molar-refractivity contribution in [3.8, 4) is 5.75 Å². The number of hydrogen-bond acceptors (Lipinski definition) is 6. The van der Waals surface area contributed by atoms with Crippen LogP contribution in [0, 0.1) is 6.92 Å². The monoisotopic (exact) mass is 528 g/mol. The van der Waals surface area contributed by atoms with Crippen LogP contribution in [0.4, 0.5) is 13.2 Å². The number of nitrogens with one attached hydrogen (secondary N) is 1. The van der Waals surface area contributed by atoms with E-state index in [-0.39, 0.29) is 6.42 Å². The Hall–Kier alpha value is -4.34. The number of Topliss-reactive ketones (excluding diaryl/α,β-unsaturated/α-hetero) is 1. The highest BCUT2D eigenvalue weighted by Crippen LogP contribution is 2.23. The molecule has 1 aromatic heterocycles. The summed E-state index contributed by atoms with van der Waals surface area (Å²) in [6, 6.07) is 5.00. The van der Waals surface area contributed by atoms with E-state index in [1.807, 2.05) is 37.3 Å². The number of rotatable bonds is 12. The van der Waals surface area contributed by atoms with E-state index in [1.165, 1.54) is 0 Å². The lowest BCUT2D eigenvalue weighted by Gasteiger charge is -2.18. The average Bonchev–Trinajstić information content (AvgIpc) is 3.05. The standard InChI is InChI=1S/C28H27F3N2O5/c1-3-8-23(25(34)28(29,30)31)32-24(27(35)36)17-19-11-13-21(14-12-19)37-16-15-22-18(2)38-26(33-22)20-9-6-4-5-7-10-20/h3-6,8-14,24,32H,1,7,15-17H2,2H3,(H,35,36)/b23-8-. The molecule has 0 saturated carbocycles. The Morgan fingerprint density at radius 1 is 1.26 bits per heavy atom. The van der Waals surface area contributed by atoms with Gasteiger partial charge in [-0.1, -0.05) is 49.1 Å². The number of aromatic nitrogens is 1. The number of ether oxygens (including phenoxy) is 1. The number of aryl methyl sites for hydroxylation is 1. The highest BCUT2D eigenvalue weighted by atomic mass is 19.4. The van der Waals surface area contributed by atoms with Gasteiger partial charge in [-0.15, -0.1) is 0 Å². The van der Waals surface area contributed by atoms with Gasteiger partial charge in [0.1, 0.15) is 17.6 Å². The third kappa shape index (κ3) is 7.83. The molecule has 1 heterocycles. The second-order valence-corrected chi connectivity index (χ2v) is 8.33. The van der Waals surface area contributed by atoms with Crippen molar-refractivity contribution < 1.29 is 37.0 Å². The summed E-state index contributed by atoms with van der Waals surface area (Å²) in [5.41, 5.74) is 1.31. The summed E-state index contributed by atoms with van der Waals surface area (Å²) in [5, 5.41) is 11.7. The summed E-state index contributed by atoms with van der Waals surface area (Å²) in [6.45, 7) is 5.43. The Morgan fingerprint density at radius 3 is 2.66 bits per heavy atom. The molecule has 0 saturated heterocycles. The first-order chi connectivity index (χ1) is 18.1. The van der Waals surface area contributed by atoms with Gasteiger partial charge in [0, 0.05) is 18.4 Å². The number of hydrogen-bond donors (Lipinski definition) is 2. The maximum atomic E-state index is 12.8. The number of nitrogens with zero attached hydrogens (tertiary/aromatic N) is 1. The van der Waals surface area contributed by atoms with Gasteiger partial charge in [-0.25, -0.2) is 9.78 Å². The third-order valence-corrected chi connectivity index (χ3v) is 5.52. The molecule has 1 aliphatic rings. The van der Waals surface area contributed by atoms with E-state index in [9.17, 15) is 27.9 Å². The SMILES string of the molecule is C=C/C=C(\NC(Cc1ccc(OCCc2nc(C3=CCC=CC=C3)oc2C)cc1)C(=O)O)C(=O)C(F)(F)F. The normalized spacial score (nSPS) is 14.4. The molecule has 3 rings (SSSR count). The largest absolute Gasteiger partial charge is 0.493 e. The van der Waals surface area contributed by atoms with E-state index in [0.29, 0.717) is 36.0 Å². The number of carbonyl (C=O) groups is 2. The summed E-state index contributed by atoms with van der Waals surface area (Å²) in [4.78, 5) is 27.8. The number of aliphatic carboxylic acids is 1. The highest BCUT2D eigenvalue weighted by Gasteiger charge is 2.41. The number of carboxylic acids is 1. The summed E-state index contributed by atoms with van der Waals surface area (Å²) in [5.74, 6) is -1.82. The van der Waals surface area contributed by atoms with Gasteiger partial charge in [-0.2, -0.15) is 13.2 Å². The first-order valence-electron chi connectivity index (χ1n) is 11.7. The van der Waals surface area contributed by atoms with Crippen LogP contribution < -0.4 is 10.1 Å². The second-order valence-electron chi connectivity index (χ2n) is 8.33. The zero-order chi connectivity index (χ0) is 27.7. The van der Waals surface area contributed by atoms with Crippen molar-refractivity contribution in [1.82, 2.24) is 10.3 Å². The van der Waals surface area contributed by atoms with Crippen LogP contribution in [0.2, 0.25) is 0 Å². The minimum atomic E-state index is -5.16. The Bertz CT molecular complexity index is 1280. The molecule has 38 heavy (non-hydrogen) atoms. The zero-order valence-corrected chi connectivity index (χ0v) is 20.6. The molecule has 0 fully saturated rings. The van der Waals surface area contributed by atoms with Crippen LogP contribution in [0.3, 0.4) is 0 Å². The lowest BCUT2D eigenvalue weighted by molar-refractivity contribution is -0.167. The highest BCUT2D eigenvalue weighted by molar-refractivity contribution is 5.99. The molecule has 0 aliphatic heterocycles. The lowest BCUT2D eigenvalue weighted by atomic mass is 10.0. The van der Waals surface area contributed by atoms with Gasteiger partial charge in [0.25, 0.3) is 5.78 Å². The molecule has 10 heteroatoms. The van der Waals surface area contributed by atoms with E-state index in [2.05, 4.69) is 16.9 Å². The van der Waals surface area contributed by atoms with E-state index in [1.54, 1.807) is 24.3 Å². The van der Waals surface area contributed by atoms with Gasteiger partial charge in [0.2, 0.25) is 5.89 Å². The van der Waals surface area contributed by atoms with Crippen LogP contribution in [-0.2, 0) is 22.4 Å². The minimum Gasteiger partial charge on any atom is -0.493 e. The predicted molar refractivity (Wildman–Crippen MR) is 135 cm³/mol. The molecule has 1 atom stereocenters. The summed E-state index contributed by atoms with van der Waals surface area (Å²) < 4.78 is 50.1. The maximum Gasteiger partial charge on any atom is 0.456 e. The first-order valence-corrected chi connectivity index (χ1v) is 11.7. The number of allylic oxidation sites excluding steroid dienone is 9. The van der Waals surface area contributed by atoms with E-state index in [4.69, 9.17) is 9.15 Å². The number of alkyl halides is 3. The zero-order valence-electron chi connectivity index (χ0n) is 20.6. The van der Waals surface area contributed by atoms with Gasteiger partial charge in [-0.05, 0) is 43.2 Å². The topological polar surface area (TPSA) is 102 Å². The van der Waals surface area contributed by atoms with Crippen LogP contribution in [0.15, 0.2) is 83.5 Å². The van der Waals surface area contributed by atoms with Crippen molar-refractivity contribution in [1.29, 1.82) is 0 Å². The predicted octanol–water partition coefficient (Wildman–Crippen LogP) is 5.29. The number of benzene rings is 1. The summed E-state index contributed by atoms with van der Waals surface area (Å²) in [7, 11) is 0. The fourth-order valence-electron chi connectivity index (χ4n) is 3.59. The van der Waals surface area contributed by atoms with Gasteiger partial charge < -0.3 is 19.6 Å². The van der Waals surface area contributed by atoms with Crippen LogP contribution >= 0.6 is 0 Å². The Kier molecular flexibility index (Phi) is 9.48. The number of oxazole rings is 1. The molecule has 0 bridgehead atoms.